The molecule has 28 heavy (non-hydrogen) atoms. The van der Waals surface area contributed by atoms with E-state index in [2.05, 4.69) is 20.8 Å². The molecule has 1 aliphatic heterocycles. The molecule has 0 amide bonds. The van der Waals surface area contributed by atoms with E-state index in [4.69, 9.17) is 18.9 Å². The maximum atomic E-state index is 11.7. The van der Waals surface area contributed by atoms with Crippen LogP contribution in [0.3, 0.4) is 0 Å². The Morgan fingerprint density at radius 1 is 1.07 bits per heavy atom. The highest BCUT2D eigenvalue weighted by Gasteiger charge is 2.66. The zero-order chi connectivity index (χ0) is 20.9. The Morgan fingerprint density at radius 3 is 2.36 bits per heavy atom. The van der Waals surface area contributed by atoms with E-state index in [9.17, 15) is 9.59 Å². The zero-order valence-corrected chi connectivity index (χ0v) is 18.4. The van der Waals surface area contributed by atoms with Crippen LogP contribution in [-0.2, 0) is 28.5 Å². The van der Waals surface area contributed by atoms with E-state index < -0.39 is 5.79 Å². The van der Waals surface area contributed by atoms with Crippen molar-refractivity contribution in [2.75, 3.05) is 6.61 Å². The molecule has 0 bridgehead atoms. The fourth-order valence-electron chi connectivity index (χ4n) is 6.29. The molecule has 3 rings (SSSR count). The van der Waals surface area contributed by atoms with Crippen molar-refractivity contribution in [3.8, 4) is 0 Å². The first-order chi connectivity index (χ1) is 12.9. The molecule has 7 atom stereocenters. The molecule has 0 aromatic carbocycles. The lowest BCUT2D eigenvalue weighted by atomic mass is 9.49. The smallest absolute Gasteiger partial charge is 0.302 e. The third-order valence-corrected chi connectivity index (χ3v) is 7.26. The second kappa shape index (κ2) is 7.28. The van der Waals surface area contributed by atoms with Crippen molar-refractivity contribution in [1.82, 2.24) is 0 Å². The number of carbonyl (C=O) groups excluding carboxylic acids is 2. The molecular formula is C22H36O6. The van der Waals surface area contributed by atoms with Gasteiger partial charge in [-0.15, -0.1) is 0 Å². The number of esters is 2. The van der Waals surface area contributed by atoms with Crippen molar-refractivity contribution in [1.29, 1.82) is 0 Å². The second-order valence-corrected chi connectivity index (χ2v) is 10.00. The summed E-state index contributed by atoms with van der Waals surface area (Å²) in [6, 6.07) is 0. The molecule has 6 heteroatoms. The van der Waals surface area contributed by atoms with Gasteiger partial charge in [0.2, 0.25) is 0 Å². The predicted octanol–water partition coefficient (Wildman–Crippen LogP) is 3.85. The monoisotopic (exact) mass is 396 g/mol. The van der Waals surface area contributed by atoms with Gasteiger partial charge in [0.25, 0.3) is 0 Å². The quantitative estimate of drug-likeness (QED) is 0.672. The van der Waals surface area contributed by atoms with Crippen LogP contribution in [0.2, 0.25) is 0 Å². The number of hydrogen-bond donors (Lipinski definition) is 0. The molecule has 1 unspecified atom stereocenters. The Bertz CT molecular complexity index is 631. The van der Waals surface area contributed by atoms with Crippen LogP contribution in [0, 0.1) is 23.2 Å². The first-order valence-corrected chi connectivity index (χ1v) is 10.6. The van der Waals surface area contributed by atoms with E-state index in [1.807, 2.05) is 13.8 Å². The summed E-state index contributed by atoms with van der Waals surface area (Å²) in [5.74, 6) is -0.596. The van der Waals surface area contributed by atoms with Crippen LogP contribution in [0.25, 0.3) is 0 Å². The van der Waals surface area contributed by atoms with Crippen molar-refractivity contribution in [3.05, 3.63) is 0 Å². The molecule has 0 N–H and O–H groups in total. The van der Waals surface area contributed by atoms with Gasteiger partial charge < -0.3 is 18.9 Å². The van der Waals surface area contributed by atoms with Gasteiger partial charge >= 0.3 is 11.9 Å². The van der Waals surface area contributed by atoms with Crippen LogP contribution in [0.15, 0.2) is 0 Å². The summed E-state index contributed by atoms with van der Waals surface area (Å²) in [5.41, 5.74) is -0.533. The first-order valence-electron chi connectivity index (χ1n) is 10.6. The van der Waals surface area contributed by atoms with Crippen LogP contribution in [0.4, 0.5) is 0 Å². The van der Waals surface area contributed by atoms with Gasteiger partial charge in [0, 0.05) is 25.2 Å². The molecule has 160 valence electrons. The Morgan fingerprint density at radius 2 is 1.75 bits per heavy atom. The lowest BCUT2D eigenvalue weighted by molar-refractivity contribution is -0.399. The van der Waals surface area contributed by atoms with Crippen molar-refractivity contribution >= 4 is 11.9 Å². The molecule has 1 saturated heterocycles. The van der Waals surface area contributed by atoms with Crippen molar-refractivity contribution in [2.45, 2.75) is 97.7 Å². The third-order valence-electron chi connectivity index (χ3n) is 7.26. The lowest BCUT2D eigenvalue weighted by Gasteiger charge is -2.66. The van der Waals surface area contributed by atoms with E-state index in [1.54, 1.807) is 0 Å². The molecule has 0 aromatic heterocycles. The number of rotatable bonds is 4. The van der Waals surface area contributed by atoms with Gasteiger partial charge in [0.05, 0.1) is 18.3 Å². The van der Waals surface area contributed by atoms with Gasteiger partial charge in [-0.2, -0.15) is 0 Å². The molecule has 2 aliphatic carbocycles. The standard InChI is InChI=1S/C22H36O6/c1-13(12-25-14(2)23)16-8-10-21(6)17(26-15(3)24)9-11-22(7)19(21)18(16)27-20(4,5)28-22/h13,16-19H,8-12H2,1-7H3/t13-,16+,17-,18+,19?,21+,22-/m1/s1. The molecular weight excluding hydrogens is 360 g/mol. The van der Waals surface area contributed by atoms with Gasteiger partial charge in [-0.1, -0.05) is 13.8 Å². The molecule has 3 fully saturated rings. The summed E-state index contributed by atoms with van der Waals surface area (Å²) in [4.78, 5) is 23.0. The highest BCUT2D eigenvalue weighted by Crippen LogP contribution is 2.62. The van der Waals surface area contributed by atoms with Gasteiger partial charge in [0.15, 0.2) is 5.79 Å². The number of carbonyl (C=O) groups is 2. The normalized spacial score (nSPS) is 42.8. The minimum atomic E-state index is -0.679. The van der Waals surface area contributed by atoms with Gasteiger partial charge in [0.1, 0.15) is 6.10 Å². The Hall–Kier alpha value is -1.14. The average Bonchev–Trinajstić information content (AvgIpc) is 2.53. The summed E-state index contributed by atoms with van der Waals surface area (Å²) in [7, 11) is 0. The zero-order valence-electron chi connectivity index (χ0n) is 18.4. The van der Waals surface area contributed by atoms with Gasteiger partial charge in [-0.05, 0) is 58.3 Å². The molecule has 0 radical (unpaired) electrons. The van der Waals surface area contributed by atoms with E-state index >= 15 is 0 Å². The minimum absolute atomic E-state index is 0.0311. The highest BCUT2D eigenvalue weighted by molar-refractivity contribution is 5.66. The van der Waals surface area contributed by atoms with Crippen molar-refractivity contribution in [3.63, 3.8) is 0 Å². The predicted molar refractivity (Wildman–Crippen MR) is 103 cm³/mol. The highest BCUT2D eigenvalue weighted by atomic mass is 16.7. The summed E-state index contributed by atoms with van der Waals surface area (Å²) in [6.07, 6.45) is 3.37. The van der Waals surface area contributed by atoms with Crippen molar-refractivity contribution < 1.29 is 28.5 Å². The topological polar surface area (TPSA) is 71.1 Å². The SMILES string of the molecule is CC(=O)OC[C@@H](C)[C@@H]1CC[C@]2(C)C3[C@H]1OC(C)(C)O[C@]3(C)CC[C@H]2OC(C)=O. The molecule has 0 spiro atoms. The van der Waals surface area contributed by atoms with Gasteiger partial charge in [-0.25, -0.2) is 0 Å². The Balaban J connectivity index is 1.94. The maximum absolute atomic E-state index is 11.7. The van der Waals surface area contributed by atoms with E-state index in [0.29, 0.717) is 6.61 Å². The van der Waals surface area contributed by atoms with Gasteiger partial charge in [-0.3, -0.25) is 9.59 Å². The molecule has 1 heterocycles. The third kappa shape index (κ3) is 3.82. The summed E-state index contributed by atoms with van der Waals surface area (Å²) < 4.78 is 24.1. The fraction of sp³-hybridized carbons (Fsp3) is 0.909. The van der Waals surface area contributed by atoms with E-state index in [1.165, 1.54) is 13.8 Å². The number of hydrogen-bond acceptors (Lipinski definition) is 6. The average molecular weight is 397 g/mol. The van der Waals surface area contributed by atoms with Crippen LogP contribution >= 0.6 is 0 Å². The van der Waals surface area contributed by atoms with Crippen LogP contribution in [0.1, 0.15) is 74.1 Å². The Kier molecular flexibility index (Phi) is 5.61. The largest absolute Gasteiger partial charge is 0.466 e. The second-order valence-electron chi connectivity index (χ2n) is 10.00. The van der Waals surface area contributed by atoms with E-state index in [-0.39, 0.29) is 52.9 Å². The molecule has 3 aliphatic rings. The fourth-order valence-corrected chi connectivity index (χ4v) is 6.29. The minimum Gasteiger partial charge on any atom is -0.466 e. The first kappa shape index (κ1) is 21.6. The van der Waals surface area contributed by atoms with E-state index in [0.717, 1.165) is 25.7 Å². The summed E-state index contributed by atoms with van der Waals surface area (Å²) in [6.45, 7) is 13.8. The summed E-state index contributed by atoms with van der Waals surface area (Å²) in [5, 5.41) is 0. The number of ether oxygens (including phenoxy) is 4. The Labute approximate surface area is 168 Å². The van der Waals surface area contributed by atoms with Crippen molar-refractivity contribution in [2.24, 2.45) is 23.2 Å². The lowest BCUT2D eigenvalue weighted by Crippen LogP contribution is -2.70. The molecule has 6 nitrogen and oxygen atoms in total. The molecule has 2 saturated carbocycles. The van der Waals surface area contributed by atoms with Crippen LogP contribution < -0.4 is 0 Å². The summed E-state index contributed by atoms with van der Waals surface area (Å²) >= 11 is 0. The van der Waals surface area contributed by atoms with Crippen LogP contribution in [-0.4, -0.2) is 42.1 Å². The maximum Gasteiger partial charge on any atom is 0.302 e. The van der Waals surface area contributed by atoms with Crippen LogP contribution in [0.5, 0.6) is 0 Å². The molecule has 0 aromatic rings.